The Hall–Kier alpha value is -3.07. The van der Waals surface area contributed by atoms with Crippen molar-refractivity contribution in [1.82, 2.24) is 9.55 Å². The van der Waals surface area contributed by atoms with Crippen molar-refractivity contribution < 1.29 is 18.4 Å². The van der Waals surface area contributed by atoms with Gasteiger partial charge in [-0.05, 0) is 36.5 Å². The van der Waals surface area contributed by atoms with E-state index < -0.39 is 11.5 Å². The lowest BCUT2D eigenvalue weighted by Gasteiger charge is -2.10. The number of non-ortho nitro benzene ring substituents is 1. The molecule has 0 bridgehead atoms. The molecule has 9 heteroatoms. The van der Waals surface area contributed by atoms with Gasteiger partial charge in [0.1, 0.15) is 5.75 Å². The van der Waals surface area contributed by atoms with Crippen LogP contribution in [0.1, 0.15) is 0 Å². The zero-order valence-electron chi connectivity index (χ0n) is 12.6. The molecule has 0 amide bonds. The Bertz CT molecular complexity index is 967. The smallest absolute Gasteiger partial charge is 0.387 e. The van der Waals surface area contributed by atoms with Gasteiger partial charge in [-0.15, -0.1) is 0 Å². The number of hydrogen-bond acceptors (Lipinski definition) is 4. The third-order valence-corrected chi connectivity index (χ3v) is 3.75. The summed E-state index contributed by atoms with van der Waals surface area (Å²) < 4.78 is 30.8. The molecule has 0 fully saturated rings. The molecule has 128 valence electrons. The summed E-state index contributed by atoms with van der Waals surface area (Å²) in [5, 5.41) is 11.0. The summed E-state index contributed by atoms with van der Waals surface area (Å²) in [6, 6.07) is 12.1. The monoisotopic (exact) mass is 363 g/mol. The number of benzene rings is 2. The predicted molar refractivity (Wildman–Crippen MR) is 89.7 cm³/mol. The molecular formula is C16H11F2N3O3S. The maximum atomic E-state index is 12.2. The van der Waals surface area contributed by atoms with Crippen molar-refractivity contribution in [2.45, 2.75) is 6.61 Å². The first-order valence-corrected chi connectivity index (χ1v) is 7.47. The maximum absolute atomic E-state index is 12.2. The normalized spacial score (nSPS) is 10.8. The first kappa shape index (κ1) is 16.8. The first-order chi connectivity index (χ1) is 12.0. The number of H-pyrrole nitrogens is 1. The van der Waals surface area contributed by atoms with Gasteiger partial charge in [0.2, 0.25) is 0 Å². The number of halogens is 2. The molecular weight excluding hydrogens is 352 g/mol. The van der Waals surface area contributed by atoms with E-state index in [1.54, 1.807) is 35.0 Å². The lowest BCUT2D eigenvalue weighted by Crippen LogP contribution is -2.02. The highest BCUT2D eigenvalue weighted by atomic mass is 32.1. The Labute approximate surface area is 145 Å². The standard InChI is InChI=1S/C16H11F2N3O3S/c17-15(18)24-13-6-4-11(5-7-13)20-14(9-19-16(20)25)10-2-1-3-12(8-10)21(22)23/h1-9,15H,(H,19,25). The van der Waals surface area contributed by atoms with Crippen molar-refractivity contribution in [2.24, 2.45) is 0 Å². The van der Waals surface area contributed by atoms with Crippen LogP contribution in [0.3, 0.4) is 0 Å². The number of aromatic nitrogens is 2. The van der Waals surface area contributed by atoms with Crippen molar-refractivity contribution in [3.8, 4) is 22.7 Å². The summed E-state index contributed by atoms with van der Waals surface area (Å²) in [4.78, 5) is 13.4. The fourth-order valence-corrected chi connectivity index (χ4v) is 2.66. The Morgan fingerprint density at radius 3 is 2.56 bits per heavy atom. The molecule has 2 aromatic carbocycles. The number of nitro benzene ring substituents is 1. The largest absolute Gasteiger partial charge is 0.435 e. The molecule has 3 rings (SSSR count). The van der Waals surface area contributed by atoms with Gasteiger partial charge in [-0.1, -0.05) is 12.1 Å². The summed E-state index contributed by atoms with van der Waals surface area (Å²) in [5.74, 6) is 0.0257. The van der Waals surface area contributed by atoms with E-state index in [1.807, 2.05) is 0 Å². The first-order valence-electron chi connectivity index (χ1n) is 7.06. The van der Waals surface area contributed by atoms with Crippen LogP contribution in [0, 0.1) is 14.9 Å². The summed E-state index contributed by atoms with van der Waals surface area (Å²) in [7, 11) is 0. The number of nitro groups is 1. The number of imidazole rings is 1. The number of hydrogen-bond donors (Lipinski definition) is 1. The van der Waals surface area contributed by atoms with E-state index in [9.17, 15) is 18.9 Å². The minimum Gasteiger partial charge on any atom is -0.435 e. The molecule has 0 aliphatic heterocycles. The van der Waals surface area contributed by atoms with Crippen LogP contribution in [-0.2, 0) is 0 Å². The molecule has 0 unspecified atom stereocenters. The van der Waals surface area contributed by atoms with Crippen LogP contribution in [0.4, 0.5) is 14.5 Å². The summed E-state index contributed by atoms with van der Waals surface area (Å²) in [5.41, 5.74) is 1.76. The van der Waals surface area contributed by atoms with E-state index in [2.05, 4.69) is 9.72 Å². The van der Waals surface area contributed by atoms with E-state index in [-0.39, 0.29) is 11.4 Å². The zero-order valence-corrected chi connectivity index (χ0v) is 13.4. The molecule has 1 aromatic heterocycles. The van der Waals surface area contributed by atoms with Gasteiger partial charge in [-0.3, -0.25) is 14.7 Å². The topological polar surface area (TPSA) is 73.1 Å². The second-order valence-corrected chi connectivity index (χ2v) is 5.38. The fraction of sp³-hybridized carbons (Fsp3) is 0.0625. The fourth-order valence-electron chi connectivity index (χ4n) is 2.39. The van der Waals surface area contributed by atoms with E-state index in [1.165, 1.54) is 24.3 Å². The van der Waals surface area contributed by atoms with Gasteiger partial charge >= 0.3 is 6.61 Å². The molecule has 1 heterocycles. The van der Waals surface area contributed by atoms with Crippen molar-refractivity contribution in [1.29, 1.82) is 0 Å². The van der Waals surface area contributed by atoms with Gasteiger partial charge in [0.15, 0.2) is 4.77 Å². The van der Waals surface area contributed by atoms with Crippen LogP contribution in [0.15, 0.2) is 54.7 Å². The van der Waals surface area contributed by atoms with Crippen LogP contribution in [-0.4, -0.2) is 21.1 Å². The van der Waals surface area contributed by atoms with Crippen molar-refractivity contribution in [3.63, 3.8) is 0 Å². The lowest BCUT2D eigenvalue weighted by atomic mass is 10.1. The highest BCUT2D eigenvalue weighted by Crippen LogP contribution is 2.27. The Morgan fingerprint density at radius 2 is 1.92 bits per heavy atom. The second-order valence-electron chi connectivity index (χ2n) is 4.99. The average Bonchev–Trinajstić information content (AvgIpc) is 2.97. The summed E-state index contributed by atoms with van der Waals surface area (Å²) in [6.45, 7) is -2.90. The number of nitrogens with zero attached hydrogens (tertiary/aromatic N) is 2. The molecule has 0 saturated heterocycles. The number of rotatable bonds is 5. The van der Waals surface area contributed by atoms with Gasteiger partial charge < -0.3 is 9.72 Å². The number of ether oxygens (including phenoxy) is 1. The molecule has 0 radical (unpaired) electrons. The summed E-state index contributed by atoms with van der Waals surface area (Å²) in [6.07, 6.45) is 1.63. The molecule has 1 N–H and O–H groups in total. The van der Waals surface area contributed by atoms with Crippen LogP contribution in [0.5, 0.6) is 5.75 Å². The third-order valence-electron chi connectivity index (χ3n) is 3.45. The van der Waals surface area contributed by atoms with Crippen molar-refractivity contribution in [3.05, 3.63) is 69.6 Å². The minimum atomic E-state index is -2.90. The van der Waals surface area contributed by atoms with Crippen molar-refractivity contribution >= 4 is 17.9 Å². The average molecular weight is 363 g/mol. The molecule has 0 aliphatic rings. The van der Waals surface area contributed by atoms with Gasteiger partial charge in [0, 0.05) is 29.6 Å². The van der Waals surface area contributed by atoms with E-state index >= 15 is 0 Å². The van der Waals surface area contributed by atoms with Gasteiger partial charge in [0.25, 0.3) is 5.69 Å². The maximum Gasteiger partial charge on any atom is 0.387 e. The van der Waals surface area contributed by atoms with Crippen LogP contribution in [0.25, 0.3) is 16.9 Å². The van der Waals surface area contributed by atoms with Gasteiger partial charge in [-0.25, -0.2) is 0 Å². The Kier molecular flexibility index (Phi) is 4.57. The quantitative estimate of drug-likeness (QED) is 0.405. The number of alkyl halides is 2. The minimum absolute atomic E-state index is 0.0257. The van der Waals surface area contributed by atoms with Crippen LogP contribution in [0.2, 0.25) is 0 Å². The van der Waals surface area contributed by atoms with E-state index in [0.717, 1.165) is 0 Å². The number of nitrogens with one attached hydrogen (secondary N) is 1. The predicted octanol–water partition coefficient (Wildman–Crippen LogP) is 4.71. The zero-order chi connectivity index (χ0) is 18.0. The van der Waals surface area contributed by atoms with E-state index in [0.29, 0.717) is 21.7 Å². The highest BCUT2D eigenvalue weighted by molar-refractivity contribution is 7.71. The van der Waals surface area contributed by atoms with Crippen LogP contribution >= 0.6 is 12.2 Å². The molecule has 0 atom stereocenters. The third kappa shape index (κ3) is 3.56. The molecule has 25 heavy (non-hydrogen) atoms. The molecule has 0 saturated carbocycles. The summed E-state index contributed by atoms with van der Waals surface area (Å²) >= 11 is 5.26. The van der Waals surface area contributed by atoms with Gasteiger partial charge in [0.05, 0.1) is 10.6 Å². The second kappa shape index (κ2) is 6.81. The van der Waals surface area contributed by atoms with E-state index in [4.69, 9.17) is 12.2 Å². The van der Waals surface area contributed by atoms with Crippen LogP contribution < -0.4 is 4.74 Å². The molecule has 6 nitrogen and oxygen atoms in total. The highest BCUT2D eigenvalue weighted by Gasteiger charge is 2.13. The molecule has 0 aliphatic carbocycles. The molecule has 0 spiro atoms. The SMILES string of the molecule is O=[N+]([O-])c1cccc(-c2c[nH]c(=S)n2-c2ccc(OC(F)F)cc2)c1. The Morgan fingerprint density at radius 1 is 1.20 bits per heavy atom. The van der Waals surface area contributed by atoms with Gasteiger partial charge in [-0.2, -0.15) is 8.78 Å². The van der Waals surface area contributed by atoms with Crippen molar-refractivity contribution in [2.75, 3.05) is 0 Å². The molecule has 3 aromatic rings. The Balaban J connectivity index is 2.04. The lowest BCUT2D eigenvalue weighted by molar-refractivity contribution is -0.384. The number of aromatic amines is 1.